The zero-order valence-corrected chi connectivity index (χ0v) is 14.4. The van der Waals surface area contributed by atoms with Crippen LogP contribution in [0.25, 0.3) is 0 Å². The molecule has 0 bridgehead atoms. The zero-order chi connectivity index (χ0) is 18.3. The average Bonchev–Trinajstić information content (AvgIpc) is 2.85. The highest BCUT2D eigenvalue weighted by atomic mass is 16.4. The monoisotopic (exact) mass is 337 g/mol. The first-order valence-corrected chi connectivity index (χ1v) is 8.25. The molecule has 2 aromatic carbocycles. The van der Waals surface area contributed by atoms with Gasteiger partial charge in [0.15, 0.2) is 0 Å². The second-order valence-electron chi connectivity index (χ2n) is 6.34. The molecule has 5 nitrogen and oxygen atoms in total. The predicted octanol–water partition coefficient (Wildman–Crippen LogP) is 3.87. The topological polar surface area (TPSA) is 74.7 Å². The minimum Gasteiger partial charge on any atom is -0.478 e. The number of para-hydroxylation sites is 1. The lowest BCUT2D eigenvalue weighted by Gasteiger charge is -2.23. The van der Waals surface area contributed by atoms with Crippen LogP contribution in [0.1, 0.15) is 68.9 Å². The van der Waals surface area contributed by atoms with Crippen molar-refractivity contribution in [3.05, 3.63) is 64.2 Å². The number of carbonyl (C=O) groups is 3. The minimum atomic E-state index is -1.22. The summed E-state index contributed by atoms with van der Waals surface area (Å²) in [6.45, 7) is 5.96. The summed E-state index contributed by atoms with van der Waals surface area (Å²) in [6.07, 6.45) is 0.662. The molecule has 2 aromatic rings. The van der Waals surface area contributed by atoms with Gasteiger partial charge in [-0.2, -0.15) is 0 Å². The van der Waals surface area contributed by atoms with Crippen molar-refractivity contribution in [1.29, 1.82) is 0 Å². The highest BCUT2D eigenvalue weighted by molar-refractivity contribution is 6.36. The molecule has 0 saturated heterocycles. The number of fused-ring (bicyclic) bond motifs is 1. The zero-order valence-electron chi connectivity index (χ0n) is 14.4. The summed E-state index contributed by atoms with van der Waals surface area (Å²) in [6, 6.07) is 10.1. The largest absolute Gasteiger partial charge is 0.478 e. The maximum Gasteiger partial charge on any atom is 0.336 e. The number of hydrogen-bond donors (Lipinski definition) is 1. The molecular weight excluding hydrogens is 318 g/mol. The Morgan fingerprint density at radius 2 is 1.76 bits per heavy atom. The standard InChI is InChI=1S/C20H19NO4/c1-4-12-7-5-8-13(11(2)3)17(12)21-18(22)14-9-6-10-15(20(24)25)16(14)19(21)23/h5-11H,4H2,1-3H3,(H,24,25). The van der Waals surface area contributed by atoms with Crippen LogP contribution >= 0.6 is 0 Å². The first-order chi connectivity index (χ1) is 11.9. The van der Waals surface area contributed by atoms with Crippen LogP contribution in [0, 0.1) is 0 Å². The molecule has 0 spiro atoms. The molecule has 2 amide bonds. The normalized spacial score (nSPS) is 13.5. The number of carboxylic acid groups (broad SMARTS) is 1. The third-order valence-corrected chi connectivity index (χ3v) is 4.52. The van der Waals surface area contributed by atoms with Gasteiger partial charge in [-0.25, -0.2) is 9.69 Å². The molecule has 3 rings (SSSR count). The molecule has 0 aliphatic carbocycles. The number of rotatable bonds is 4. The van der Waals surface area contributed by atoms with Gasteiger partial charge in [-0.1, -0.05) is 45.0 Å². The summed E-state index contributed by atoms with van der Waals surface area (Å²) >= 11 is 0. The van der Waals surface area contributed by atoms with E-state index < -0.39 is 17.8 Å². The van der Waals surface area contributed by atoms with E-state index in [1.165, 1.54) is 18.2 Å². The summed E-state index contributed by atoms with van der Waals surface area (Å²) in [5.74, 6) is -2.14. The van der Waals surface area contributed by atoms with Crippen molar-refractivity contribution < 1.29 is 19.5 Å². The number of anilines is 1. The van der Waals surface area contributed by atoms with Crippen molar-refractivity contribution in [2.24, 2.45) is 0 Å². The van der Waals surface area contributed by atoms with Crippen LogP contribution in [0.5, 0.6) is 0 Å². The number of amides is 2. The quantitative estimate of drug-likeness (QED) is 0.859. The Morgan fingerprint density at radius 1 is 1.08 bits per heavy atom. The van der Waals surface area contributed by atoms with Gasteiger partial charge < -0.3 is 5.11 Å². The Labute approximate surface area is 145 Å². The van der Waals surface area contributed by atoms with Crippen molar-refractivity contribution >= 4 is 23.5 Å². The number of aromatic carboxylic acids is 1. The number of aryl methyl sites for hydroxylation is 1. The Morgan fingerprint density at radius 3 is 2.36 bits per heavy atom. The van der Waals surface area contributed by atoms with Crippen LogP contribution in [0.3, 0.4) is 0 Å². The Hall–Kier alpha value is -2.95. The van der Waals surface area contributed by atoms with E-state index in [-0.39, 0.29) is 22.6 Å². The maximum atomic E-state index is 13.0. The van der Waals surface area contributed by atoms with Gasteiger partial charge in [-0.05, 0) is 35.6 Å². The predicted molar refractivity (Wildman–Crippen MR) is 94.5 cm³/mol. The second kappa shape index (κ2) is 6.16. The van der Waals surface area contributed by atoms with Gasteiger partial charge in [0.25, 0.3) is 11.8 Å². The molecule has 0 fully saturated rings. The molecule has 25 heavy (non-hydrogen) atoms. The molecule has 1 aliphatic heterocycles. The van der Waals surface area contributed by atoms with Gasteiger partial charge in [0, 0.05) is 0 Å². The van der Waals surface area contributed by atoms with E-state index in [4.69, 9.17) is 0 Å². The molecule has 1 heterocycles. The van der Waals surface area contributed by atoms with Crippen LogP contribution < -0.4 is 4.90 Å². The van der Waals surface area contributed by atoms with Gasteiger partial charge >= 0.3 is 5.97 Å². The Kier molecular flexibility index (Phi) is 4.17. The number of nitrogens with zero attached hydrogens (tertiary/aromatic N) is 1. The number of benzene rings is 2. The van der Waals surface area contributed by atoms with Gasteiger partial charge in [0.1, 0.15) is 0 Å². The van der Waals surface area contributed by atoms with Crippen molar-refractivity contribution in [2.75, 3.05) is 4.90 Å². The molecular formula is C20H19NO4. The van der Waals surface area contributed by atoms with Crippen molar-refractivity contribution in [1.82, 2.24) is 0 Å². The van der Waals surface area contributed by atoms with E-state index in [1.807, 2.05) is 39.0 Å². The summed E-state index contributed by atoms with van der Waals surface area (Å²) in [5.41, 5.74) is 2.34. The van der Waals surface area contributed by atoms with Crippen LogP contribution in [0.2, 0.25) is 0 Å². The first-order valence-electron chi connectivity index (χ1n) is 8.25. The molecule has 0 unspecified atom stereocenters. The van der Waals surface area contributed by atoms with Crippen LogP contribution in [0.15, 0.2) is 36.4 Å². The Balaban J connectivity index is 2.25. The van der Waals surface area contributed by atoms with E-state index >= 15 is 0 Å². The maximum absolute atomic E-state index is 13.0. The smallest absolute Gasteiger partial charge is 0.336 e. The lowest BCUT2D eigenvalue weighted by Crippen LogP contribution is -2.32. The summed E-state index contributed by atoms with van der Waals surface area (Å²) < 4.78 is 0. The fourth-order valence-corrected chi connectivity index (χ4v) is 3.30. The second-order valence-corrected chi connectivity index (χ2v) is 6.34. The van der Waals surface area contributed by atoms with Gasteiger partial charge in [0.05, 0.1) is 22.4 Å². The van der Waals surface area contributed by atoms with Crippen molar-refractivity contribution in [3.63, 3.8) is 0 Å². The average molecular weight is 337 g/mol. The van der Waals surface area contributed by atoms with Crippen molar-refractivity contribution in [3.8, 4) is 0 Å². The lowest BCUT2D eigenvalue weighted by molar-refractivity contribution is 0.0692. The summed E-state index contributed by atoms with van der Waals surface area (Å²) in [7, 11) is 0. The molecule has 0 radical (unpaired) electrons. The van der Waals surface area contributed by atoms with E-state index in [0.29, 0.717) is 12.1 Å². The van der Waals surface area contributed by atoms with Gasteiger partial charge in [-0.3, -0.25) is 9.59 Å². The van der Waals surface area contributed by atoms with E-state index in [9.17, 15) is 19.5 Å². The third kappa shape index (κ3) is 2.52. The summed E-state index contributed by atoms with van der Waals surface area (Å²) in [5, 5.41) is 9.37. The highest BCUT2D eigenvalue weighted by Crippen LogP contribution is 2.37. The first kappa shape index (κ1) is 16.9. The minimum absolute atomic E-state index is 0.0272. The molecule has 0 atom stereocenters. The SMILES string of the molecule is CCc1cccc(C(C)C)c1N1C(=O)c2cccc(C(=O)O)c2C1=O. The molecule has 1 aliphatic rings. The number of imide groups is 1. The van der Waals surface area contributed by atoms with Gasteiger partial charge in [-0.15, -0.1) is 0 Å². The molecule has 128 valence electrons. The Bertz CT molecular complexity index is 899. The van der Waals surface area contributed by atoms with Crippen molar-refractivity contribution in [2.45, 2.75) is 33.1 Å². The van der Waals surface area contributed by atoms with Crippen LogP contribution in [0.4, 0.5) is 5.69 Å². The van der Waals surface area contributed by atoms with Crippen LogP contribution in [-0.4, -0.2) is 22.9 Å². The molecule has 5 heteroatoms. The highest BCUT2D eigenvalue weighted by Gasteiger charge is 2.41. The number of carbonyl (C=O) groups excluding carboxylic acids is 2. The summed E-state index contributed by atoms with van der Waals surface area (Å²) in [4.78, 5) is 38.6. The van der Waals surface area contributed by atoms with E-state index in [1.54, 1.807) is 0 Å². The van der Waals surface area contributed by atoms with Crippen LogP contribution in [-0.2, 0) is 6.42 Å². The van der Waals surface area contributed by atoms with E-state index in [0.717, 1.165) is 16.0 Å². The molecule has 0 aromatic heterocycles. The van der Waals surface area contributed by atoms with E-state index in [2.05, 4.69) is 0 Å². The molecule has 1 N–H and O–H groups in total. The fraction of sp³-hybridized carbons (Fsp3) is 0.250. The molecule has 0 saturated carbocycles. The lowest BCUT2D eigenvalue weighted by atomic mass is 9.95. The number of hydrogen-bond acceptors (Lipinski definition) is 3. The van der Waals surface area contributed by atoms with Gasteiger partial charge in [0.2, 0.25) is 0 Å². The number of carboxylic acids is 1. The third-order valence-electron chi connectivity index (χ3n) is 4.52. The fourth-order valence-electron chi connectivity index (χ4n) is 3.30.